The predicted octanol–water partition coefficient (Wildman–Crippen LogP) is 0.458. The summed E-state index contributed by atoms with van der Waals surface area (Å²) in [4.78, 5) is 12.0. The van der Waals surface area contributed by atoms with E-state index in [2.05, 4.69) is 10.0 Å². The van der Waals surface area contributed by atoms with E-state index >= 15 is 0 Å². The standard InChI is InChI=1S/C13H20N2O5S/c1-13(2,15-21(4,18)19)8-14-12(17)9-6-5-7-10(20-3)11(9)16/h5-7,15-16H,8H2,1-4H3,(H,14,17). The second kappa shape index (κ2) is 6.31. The van der Waals surface area contributed by atoms with E-state index in [1.165, 1.54) is 19.2 Å². The molecule has 1 rings (SSSR count). The first kappa shape index (κ1) is 17.3. The van der Waals surface area contributed by atoms with Gasteiger partial charge in [-0.3, -0.25) is 4.79 Å². The number of aromatic hydroxyl groups is 1. The third-order valence-corrected chi connectivity index (χ3v) is 3.54. The van der Waals surface area contributed by atoms with Crippen molar-refractivity contribution >= 4 is 15.9 Å². The molecule has 21 heavy (non-hydrogen) atoms. The van der Waals surface area contributed by atoms with Crippen molar-refractivity contribution < 1.29 is 23.1 Å². The summed E-state index contributed by atoms with van der Waals surface area (Å²) in [5.41, 5.74) is -0.790. The van der Waals surface area contributed by atoms with Gasteiger partial charge in [-0.25, -0.2) is 13.1 Å². The lowest BCUT2D eigenvalue weighted by Crippen LogP contribution is -2.51. The number of ether oxygens (including phenoxy) is 1. The lowest BCUT2D eigenvalue weighted by molar-refractivity contribution is 0.0941. The second-order valence-electron chi connectivity index (χ2n) is 5.30. The third-order valence-electron chi connectivity index (χ3n) is 2.62. The highest BCUT2D eigenvalue weighted by molar-refractivity contribution is 7.88. The van der Waals surface area contributed by atoms with Crippen LogP contribution in [-0.2, 0) is 10.0 Å². The summed E-state index contributed by atoms with van der Waals surface area (Å²) < 4.78 is 29.8. The maximum absolute atomic E-state index is 12.0. The van der Waals surface area contributed by atoms with Crippen molar-refractivity contribution in [2.45, 2.75) is 19.4 Å². The monoisotopic (exact) mass is 316 g/mol. The number of hydrogen-bond donors (Lipinski definition) is 3. The molecule has 0 atom stereocenters. The van der Waals surface area contributed by atoms with E-state index in [0.29, 0.717) is 0 Å². The van der Waals surface area contributed by atoms with Gasteiger partial charge in [0, 0.05) is 12.1 Å². The first-order valence-corrected chi connectivity index (χ1v) is 8.08. The minimum Gasteiger partial charge on any atom is -0.504 e. The molecule has 1 aromatic carbocycles. The first-order valence-electron chi connectivity index (χ1n) is 6.19. The van der Waals surface area contributed by atoms with Gasteiger partial charge in [-0.05, 0) is 26.0 Å². The molecule has 118 valence electrons. The molecule has 0 heterocycles. The first-order chi connectivity index (χ1) is 9.56. The smallest absolute Gasteiger partial charge is 0.255 e. The number of nitrogens with one attached hydrogen (secondary N) is 2. The zero-order valence-electron chi connectivity index (χ0n) is 12.4. The van der Waals surface area contributed by atoms with Crippen molar-refractivity contribution in [3.63, 3.8) is 0 Å². The molecule has 1 aromatic rings. The Hall–Kier alpha value is -1.80. The fourth-order valence-electron chi connectivity index (χ4n) is 1.80. The molecule has 0 aliphatic rings. The van der Waals surface area contributed by atoms with Gasteiger partial charge in [0.05, 0.1) is 18.9 Å². The lowest BCUT2D eigenvalue weighted by atomic mass is 10.1. The van der Waals surface area contributed by atoms with E-state index in [1.807, 2.05) is 0 Å². The average molecular weight is 316 g/mol. The molecule has 8 heteroatoms. The summed E-state index contributed by atoms with van der Waals surface area (Å²) in [6.07, 6.45) is 1.05. The number of carbonyl (C=O) groups excluding carboxylic acids is 1. The second-order valence-corrected chi connectivity index (χ2v) is 7.05. The highest BCUT2D eigenvalue weighted by atomic mass is 32.2. The Morgan fingerprint density at radius 2 is 2.00 bits per heavy atom. The SMILES string of the molecule is COc1cccc(C(=O)NCC(C)(C)NS(C)(=O)=O)c1O. The molecule has 0 aliphatic carbocycles. The van der Waals surface area contributed by atoms with Gasteiger partial charge < -0.3 is 15.2 Å². The van der Waals surface area contributed by atoms with Crippen LogP contribution >= 0.6 is 0 Å². The van der Waals surface area contributed by atoms with Crippen molar-refractivity contribution in [1.82, 2.24) is 10.0 Å². The normalized spacial score (nSPS) is 12.0. The van der Waals surface area contributed by atoms with Crippen LogP contribution in [0.5, 0.6) is 11.5 Å². The maximum atomic E-state index is 12.0. The molecule has 0 radical (unpaired) electrons. The number of methoxy groups -OCH3 is 1. The number of sulfonamides is 1. The Kier molecular flexibility index (Phi) is 5.19. The molecule has 3 N–H and O–H groups in total. The number of para-hydroxylation sites is 1. The van der Waals surface area contributed by atoms with Crippen molar-refractivity contribution in [2.75, 3.05) is 19.9 Å². The van der Waals surface area contributed by atoms with Crippen molar-refractivity contribution in [3.8, 4) is 11.5 Å². The highest BCUT2D eigenvalue weighted by Crippen LogP contribution is 2.29. The van der Waals surface area contributed by atoms with Gasteiger partial charge in [0.2, 0.25) is 10.0 Å². The van der Waals surface area contributed by atoms with Crippen molar-refractivity contribution in [1.29, 1.82) is 0 Å². The van der Waals surface area contributed by atoms with E-state index in [4.69, 9.17) is 4.74 Å². The molecule has 0 saturated heterocycles. The van der Waals surface area contributed by atoms with Crippen LogP contribution in [0.2, 0.25) is 0 Å². The summed E-state index contributed by atoms with van der Waals surface area (Å²) in [5.74, 6) is -0.586. The molecule has 1 amide bonds. The zero-order chi connectivity index (χ0) is 16.3. The van der Waals surface area contributed by atoms with Crippen LogP contribution in [0.3, 0.4) is 0 Å². The topological polar surface area (TPSA) is 105 Å². The van der Waals surface area contributed by atoms with E-state index in [-0.39, 0.29) is 23.6 Å². The third kappa shape index (κ3) is 5.24. The number of carbonyl (C=O) groups is 1. The van der Waals surface area contributed by atoms with E-state index in [0.717, 1.165) is 6.26 Å². The Labute approximate surface area is 124 Å². The van der Waals surface area contributed by atoms with Gasteiger partial charge in [-0.2, -0.15) is 0 Å². The number of hydrogen-bond acceptors (Lipinski definition) is 5. The number of phenolic OH excluding ortho intramolecular Hbond substituents is 1. The zero-order valence-corrected chi connectivity index (χ0v) is 13.2. The molecule has 0 saturated carbocycles. The number of rotatable bonds is 6. The van der Waals surface area contributed by atoms with Crippen molar-refractivity contribution in [2.24, 2.45) is 0 Å². The van der Waals surface area contributed by atoms with E-state index < -0.39 is 21.5 Å². The molecule has 7 nitrogen and oxygen atoms in total. The van der Waals surface area contributed by atoms with Crippen LogP contribution in [0.1, 0.15) is 24.2 Å². The molecule has 0 aromatic heterocycles. The maximum Gasteiger partial charge on any atom is 0.255 e. The summed E-state index contributed by atoms with van der Waals surface area (Å²) in [5, 5.41) is 12.5. The van der Waals surface area contributed by atoms with Gasteiger partial charge in [-0.1, -0.05) is 6.07 Å². The van der Waals surface area contributed by atoms with Crippen LogP contribution in [0.15, 0.2) is 18.2 Å². The predicted molar refractivity (Wildman–Crippen MR) is 79.1 cm³/mol. The van der Waals surface area contributed by atoms with Gasteiger partial charge in [0.1, 0.15) is 0 Å². The Balaban J connectivity index is 2.79. The molecule has 0 bridgehead atoms. The fourth-order valence-corrected chi connectivity index (χ4v) is 2.88. The Bertz CT molecular complexity index is 625. The summed E-state index contributed by atoms with van der Waals surface area (Å²) in [6.45, 7) is 3.34. The van der Waals surface area contributed by atoms with Crippen LogP contribution in [0.4, 0.5) is 0 Å². The largest absolute Gasteiger partial charge is 0.504 e. The van der Waals surface area contributed by atoms with Gasteiger partial charge in [0.25, 0.3) is 5.91 Å². The molecular formula is C13H20N2O5S. The highest BCUT2D eigenvalue weighted by Gasteiger charge is 2.24. The quantitative estimate of drug-likeness (QED) is 0.707. The van der Waals surface area contributed by atoms with Crippen LogP contribution < -0.4 is 14.8 Å². The minimum atomic E-state index is -3.38. The van der Waals surface area contributed by atoms with Gasteiger partial charge >= 0.3 is 0 Å². The van der Waals surface area contributed by atoms with E-state index in [9.17, 15) is 18.3 Å². The fraction of sp³-hybridized carbons (Fsp3) is 0.462. The van der Waals surface area contributed by atoms with Gasteiger partial charge in [0.15, 0.2) is 11.5 Å². The average Bonchev–Trinajstić information content (AvgIpc) is 2.33. The van der Waals surface area contributed by atoms with Crippen LogP contribution in [0.25, 0.3) is 0 Å². The summed E-state index contributed by atoms with van der Waals surface area (Å²) in [6, 6.07) is 4.55. The van der Waals surface area contributed by atoms with Crippen LogP contribution in [-0.4, -0.2) is 44.9 Å². The van der Waals surface area contributed by atoms with Crippen molar-refractivity contribution in [3.05, 3.63) is 23.8 Å². The Morgan fingerprint density at radius 1 is 1.38 bits per heavy atom. The lowest BCUT2D eigenvalue weighted by Gasteiger charge is -2.25. The number of amides is 1. The Morgan fingerprint density at radius 3 is 2.52 bits per heavy atom. The molecule has 0 aliphatic heterocycles. The minimum absolute atomic E-state index is 0.0597. The molecular weight excluding hydrogens is 296 g/mol. The number of phenols is 1. The van der Waals surface area contributed by atoms with Crippen LogP contribution in [0, 0.1) is 0 Å². The molecule has 0 unspecified atom stereocenters. The molecule has 0 fully saturated rings. The van der Waals surface area contributed by atoms with Gasteiger partial charge in [-0.15, -0.1) is 0 Å². The molecule has 0 spiro atoms. The number of benzene rings is 1. The van der Waals surface area contributed by atoms with E-state index in [1.54, 1.807) is 19.9 Å². The summed E-state index contributed by atoms with van der Waals surface area (Å²) in [7, 11) is -2.00. The summed E-state index contributed by atoms with van der Waals surface area (Å²) >= 11 is 0.